The highest BCUT2D eigenvalue weighted by molar-refractivity contribution is 5.24. The molecule has 1 N–H and O–H groups in total. The molecule has 112 valence electrons. The zero-order valence-electron chi connectivity index (χ0n) is 13.6. The topological polar surface area (TPSA) is 15.3 Å². The van der Waals surface area contributed by atoms with Gasteiger partial charge in [-0.3, -0.25) is 4.90 Å². The summed E-state index contributed by atoms with van der Waals surface area (Å²) < 4.78 is 0. The third-order valence-corrected chi connectivity index (χ3v) is 4.99. The van der Waals surface area contributed by atoms with Crippen LogP contribution in [0.2, 0.25) is 0 Å². The summed E-state index contributed by atoms with van der Waals surface area (Å²) in [4.78, 5) is 2.65. The molecular weight excluding hydrogens is 244 g/mol. The number of aryl methyl sites for hydroxylation is 1. The van der Waals surface area contributed by atoms with Crippen LogP contribution in [0.15, 0.2) is 24.3 Å². The van der Waals surface area contributed by atoms with Gasteiger partial charge >= 0.3 is 0 Å². The first kappa shape index (κ1) is 15.5. The van der Waals surface area contributed by atoms with Gasteiger partial charge in [0.05, 0.1) is 0 Å². The molecule has 2 heteroatoms. The minimum absolute atomic E-state index is 0.217. The first-order valence-corrected chi connectivity index (χ1v) is 8.08. The van der Waals surface area contributed by atoms with Gasteiger partial charge in [-0.1, -0.05) is 31.2 Å². The molecule has 2 nitrogen and oxygen atoms in total. The van der Waals surface area contributed by atoms with Crippen molar-refractivity contribution in [3.8, 4) is 0 Å². The number of likely N-dealkylation sites (N-methyl/N-ethyl adjacent to an activating group) is 1. The standard InChI is InChI=1S/C18H30N2/c1-5-15-8-10-16(11-9-15)14-17(19-4)18(2,3)20-12-6-7-13-20/h8-11,17,19H,5-7,12-14H2,1-4H3. The number of likely N-dealkylation sites (tertiary alicyclic amines) is 1. The molecule has 0 amide bonds. The van der Waals surface area contributed by atoms with E-state index in [1.54, 1.807) is 0 Å². The third-order valence-electron chi connectivity index (χ3n) is 4.99. The summed E-state index contributed by atoms with van der Waals surface area (Å²) >= 11 is 0. The number of nitrogens with zero attached hydrogens (tertiary/aromatic N) is 1. The predicted molar refractivity (Wildman–Crippen MR) is 87.3 cm³/mol. The summed E-state index contributed by atoms with van der Waals surface area (Å²) in [5.41, 5.74) is 3.08. The summed E-state index contributed by atoms with van der Waals surface area (Å²) in [7, 11) is 2.10. The molecule has 1 atom stereocenters. The lowest BCUT2D eigenvalue weighted by Crippen LogP contribution is -2.57. The maximum atomic E-state index is 3.55. The van der Waals surface area contributed by atoms with Crippen molar-refractivity contribution in [3.63, 3.8) is 0 Å². The zero-order chi connectivity index (χ0) is 14.6. The molecule has 1 aliphatic rings. The SMILES string of the molecule is CCc1ccc(CC(NC)C(C)(C)N2CCCC2)cc1. The van der Waals surface area contributed by atoms with E-state index in [0.717, 1.165) is 12.8 Å². The van der Waals surface area contributed by atoms with E-state index in [1.165, 1.54) is 37.1 Å². The van der Waals surface area contributed by atoms with E-state index < -0.39 is 0 Å². The van der Waals surface area contributed by atoms with Crippen LogP contribution in [-0.4, -0.2) is 36.6 Å². The lowest BCUT2D eigenvalue weighted by molar-refractivity contribution is 0.110. The summed E-state index contributed by atoms with van der Waals surface area (Å²) in [5.74, 6) is 0. The van der Waals surface area contributed by atoms with Crippen molar-refractivity contribution in [3.05, 3.63) is 35.4 Å². The molecule has 0 aliphatic carbocycles. The van der Waals surface area contributed by atoms with Gasteiger partial charge in [-0.2, -0.15) is 0 Å². The van der Waals surface area contributed by atoms with Crippen LogP contribution >= 0.6 is 0 Å². The number of benzene rings is 1. The smallest absolute Gasteiger partial charge is 0.0309 e. The van der Waals surface area contributed by atoms with Crippen LogP contribution in [0.1, 0.15) is 44.7 Å². The van der Waals surface area contributed by atoms with Crippen LogP contribution in [0.3, 0.4) is 0 Å². The summed E-state index contributed by atoms with van der Waals surface area (Å²) in [5, 5.41) is 3.55. The van der Waals surface area contributed by atoms with E-state index in [9.17, 15) is 0 Å². The molecule has 0 radical (unpaired) electrons. The van der Waals surface area contributed by atoms with Crippen LogP contribution in [0, 0.1) is 0 Å². The van der Waals surface area contributed by atoms with E-state index in [2.05, 4.69) is 62.3 Å². The van der Waals surface area contributed by atoms with Crippen molar-refractivity contribution < 1.29 is 0 Å². The molecule has 20 heavy (non-hydrogen) atoms. The molecule has 1 aliphatic heterocycles. The Balaban J connectivity index is 2.06. The first-order chi connectivity index (χ1) is 9.57. The molecule has 0 aromatic heterocycles. The van der Waals surface area contributed by atoms with Gasteiger partial charge in [-0.25, -0.2) is 0 Å². The van der Waals surface area contributed by atoms with Crippen molar-refractivity contribution in [1.29, 1.82) is 0 Å². The van der Waals surface area contributed by atoms with Crippen molar-refractivity contribution in [2.75, 3.05) is 20.1 Å². The van der Waals surface area contributed by atoms with E-state index in [-0.39, 0.29) is 5.54 Å². The fourth-order valence-electron chi connectivity index (χ4n) is 3.37. The lowest BCUT2D eigenvalue weighted by Gasteiger charge is -2.42. The van der Waals surface area contributed by atoms with Crippen molar-refractivity contribution >= 4 is 0 Å². The third kappa shape index (κ3) is 3.42. The Kier molecular flexibility index (Phi) is 5.22. The second-order valence-electron chi connectivity index (χ2n) is 6.56. The molecule has 0 saturated carbocycles. The van der Waals surface area contributed by atoms with Gasteiger partial charge < -0.3 is 5.32 Å². The molecule has 1 saturated heterocycles. The molecule has 1 fully saturated rings. The molecule has 0 spiro atoms. The maximum absolute atomic E-state index is 3.55. The average Bonchev–Trinajstić information content (AvgIpc) is 3.00. The fraction of sp³-hybridized carbons (Fsp3) is 0.667. The van der Waals surface area contributed by atoms with Crippen LogP contribution in [0.25, 0.3) is 0 Å². The van der Waals surface area contributed by atoms with E-state index in [1.807, 2.05) is 0 Å². The highest BCUT2D eigenvalue weighted by Gasteiger charge is 2.35. The molecule has 0 bridgehead atoms. The minimum atomic E-state index is 0.217. The van der Waals surface area contributed by atoms with Gasteiger partial charge in [0.2, 0.25) is 0 Å². The predicted octanol–water partition coefficient (Wildman–Crippen LogP) is 3.25. The molecule has 1 aromatic rings. The largest absolute Gasteiger partial charge is 0.315 e. The van der Waals surface area contributed by atoms with Gasteiger partial charge in [0, 0.05) is 11.6 Å². The van der Waals surface area contributed by atoms with Gasteiger partial charge in [0.1, 0.15) is 0 Å². The second-order valence-corrected chi connectivity index (χ2v) is 6.56. The van der Waals surface area contributed by atoms with Crippen molar-refractivity contribution in [1.82, 2.24) is 10.2 Å². The summed E-state index contributed by atoms with van der Waals surface area (Å²) in [6, 6.07) is 9.62. The first-order valence-electron chi connectivity index (χ1n) is 8.08. The van der Waals surface area contributed by atoms with Gasteiger partial charge in [0.15, 0.2) is 0 Å². The number of hydrogen-bond acceptors (Lipinski definition) is 2. The van der Waals surface area contributed by atoms with Crippen LogP contribution in [-0.2, 0) is 12.8 Å². The Morgan fingerprint density at radius 1 is 1.10 bits per heavy atom. The monoisotopic (exact) mass is 274 g/mol. The van der Waals surface area contributed by atoms with E-state index in [4.69, 9.17) is 0 Å². The lowest BCUT2D eigenvalue weighted by atomic mass is 9.87. The molecule has 1 unspecified atom stereocenters. The van der Waals surface area contributed by atoms with Crippen LogP contribution < -0.4 is 5.32 Å². The van der Waals surface area contributed by atoms with Crippen LogP contribution in [0.5, 0.6) is 0 Å². The van der Waals surface area contributed by atoms with Crippen molar-refractivity contribution in [2.45, 2.75) is 58.0 Å². The minimum Gasteiger partial charge on any atom is -0.315 e. The Morgan fingerprint density at radius 2 is 1.65 bits per heavy atom. The van der Waals surface area contributed by atoms with Gasteiger partial charge in [-0.05, 0) is 70.8 Å². The Bertz CT molecular complexity index is 402. The highest BCUT2D eigenvalue weighted by Crippen LogP contribution is 2.26. The summed E-state index contributed by atoms with van der Waals surface area (Å²) in [6.07, 6.45) is 4.93. The molecular formula is C18H30N2. The number of hydrogen-bond donors (Lipinski definition) is 1. The van der Waals surface area contributed by atoms with Crippen LogP contribution in [0.4, 0.5) is 0 Å². The summed E-state index contributed by atoms with van der Waals surface area (Å²) in [6.45, 7) is 9.49. The average molecular weight is 274 g/mol. The fourth-order valence-corrected chi connectivity index (χ4v) is 3.37. The number of nitrogens with one attached hydrogen (secondary N) is 1. The van der Waals surface area contributed by atoms with Gasteiger partial charge in [0.25, 0.3) is 0 Å². The molecule has 1 aromatic carbocycles. The van der Waals surface area contributed by atoms with E-state index >= 15 is 0 Å². The number of rotatable bonds is 6. The Labute approximate surface area is 124 Å². The Morgan fingerprint density at radius 3 is 2.15 bits per heavy atom. The maximum Gasteiger partial charge on any atom is 0.0309 e. The van der Waals surface area contributed by atoms with Crippen molar-refractivity contribution in [2.24, 2.45) is 0 Å². The molecule has 2 rings (SSSR count). The molecule has 1 heterocycles. The Hall–Kier alpha value is -0.860. The normalized spacial score (nSPS) is 18.4. The highest BCUT2D eigenvalue weighted by atomic mass is 15.2. The quantitative estimate of drug-likeness (QED) is 0.856. The second kappa shape index (κ2) is 6.73. The van der Waals surface area contributed by atoms with Gasteiger partial charge in [-0.15, -0.1) is 0 Å². The zero-order valence-corrected chi connectivity index (χ0v) is 13.6. The van der Waals surface area contributed by atoms with E-state index in [0.29, 0.717) is 6.04 Å².